The maximum atomic E-state index is 13.8. The van der Waals surface area contributed by atoms with Crippen molar-refractivity contribution in [2.45, 2.75) is 91.4 Å². The fourth-order valence-corrected chi connectivity index (χ4v) is 8.48. The number of aromatic nitrogens is 4. The van der Waals surface area contributed by atoms with Crippen LogP contribution in [0.2, 0.25) is 0 Å². The molecule has 4 N–H and O–H groups in total. The van der Waals surface area contributed by atoms with E-state index in [2.05, 4.69) is 20.3 Å². The molecular formula is C44H54N8O7. The van der Waals surface area contributed by atoms with Gasteiger partial charge in [0, 0.05) is 36.7 Å². The second-order valence-electron chi connectivity index (χ2n) is 17.8. The van der Waals surface area contributed by atoms with E-state index in [0.29, 0.717) is 30.5 Å². The van der Waals surface area contributed by atoms with Gasteiger partial charge < -0.3 is 39.3 Å². The Hall–Kier alpha value is -6.12. The molecule has 0 spiro atoms. The molecule has 59 heavy (non-hydrogen) atoms. The Labute approximate surface area is 343 Å². The Morgan fingerprint density at radius 3 is 1.90 bits per heavy atom. The van der Waals surface area contributed by atoms with E-state index >= 15 is 0 Å². The number of carbonyl (C=O) groups excluding carboxylic acids is 3. The molecule has 0 saturated carbocycles. The summed E-state index contributed by atoms with van der Waals surface area (Å²) in [5, 5.41) is 13.4. The van der Waals surface area contributed by atoms with E-state index in [0.717, 1.165) is 69.6 Å². The number of furan rings is 1. The Morgan fingerprint density at radius 2 is 1.36 bits per heavy atom. The lowest BCUT2D eigenvalue weighted by Gasteiger charge is -2.38. The molecule has 0 unspecified atom stereocenters. The number of methoxy groups -OCH3 is 1. The third-order valence-corrected chi connectivity index (χ3v) is 11.5. The molecule has 7 rings (SSSR count). The number of nitrogens with one attached hydrogen (secondary N) is 3. The molecule has 0 radical (unpaired) electrons. The van der Waals surface area contributed by atoms with Crippen LogP contribution in [0.5, 0.6) is 0 Å². The smallest absolute Gasteiger partial charge is 0.407 e. The third kappa shape index (κ3) is 8.28. The number of benzene rings is 2. The molecule has 15 heteroatoms. The first-order valence-electron chi connectivity index (χ1n) is 20.1. The Kier molecular flexibility index (Phi) is 11.1. The number of amides is 4. The van der Waals surface area contributed by atoms with Crippen LogP contribution < -0.4 is 5.32 Å². The zero-order valence-corrected chi connectivity index (χ0v) is 35.0. The van der Waals surface area contributed by atoms with Crippen molar-refractivity contribution >= 4 is 35.0 Å². The molecule has 2 saturated heterocycles. The van der Waals surface area contributed by atoms with Gasteiger partial charge >= 0.3 is 12.2 Å². The number of fused-ring (bicyclic) bond motifs is 1. The number of likely N-dealkylation sites (N-methyl/N-ethyl adjacent to an activating group) is 1. The van der Waals surface area contributed by atoms with Gasteiger partial charge in [0.15, 0.2) is 0 Å². The third-order valence-electron chi connectivity index (χ3n) is 11.5. The van der Waals surface area contributed by atoms with Gasteiger partial charge in [0.25, 0.3) is 0 Å². The minimum Gasteiger partial charge on any atom is -0.465 e. The van der Waals surface area contributed by atoms with Gasteiger partial charge in [-0.15, -0.1) is 0 Å². The van der Waals surface area contributed by atoms with Crippen molar-refractivity contribution in [3.63, 3.8) is 0 Å². The van der Waals surface area contributed by atoms with Crippen LogP contribution in [-0.2, 0) is 14.3 Å². The summed E-state index contributed by atoms with van der Waals surface area (Å²) < 4.78 is 11.1. The lowest BCUT2D eigenvalue weighted by atomic mass is 9.84. The number of H-pyrrole nitrogens is 2. The van der Waals surface area contributed by atoms with Crippen LogP contribution in [0.3, 0.4) is 0 Å². The topological polar surface area (TPSA) is 190 Å². The highest BCUT2D eigenvalue weighted by atomic mass is 16.5. The average Bonchev–Trinajstić information content (AvgIpc) is 4.04. The highest BCUT2D eigenvalue weighted by Crippen LogP contribution is 2.38. The summed E-state index contributed by atoms with van der Waals surface area (Å²) in [6, 6.07) is 13.9. The number of nitrogens with zero attached hydrogens (tertiary/aromatic N) is 5. The Balaban J connectivity index is 1.05. The van der Waals surface area contributed by atoms with Gasteiger partial charge in [0.05, 0.1) is 43.0 Å². The van der Waals surface area contributed by atoms with Crippen molar-refractivity contribution in [3.05, 3.63) is 72.6 Å². The second-order valence-corrected chi connectivity index (χ2v) is 17.8. The number of alkyl carbamates (subject to hydrolysis) is 1. The summed E-state index contributed by atoms with van der Waals surface area (Å²) in [5.74, 6) is 1.70. The number of likely N-dealkylation sites (tertiary alicyclic amines) is 2. The lowest BCUT2D eigenvalue weighted by molar-refractivity contribution is -0.141. The van der Waals surface area contributed by atoms with Gasteiger partial charge in [-0.25, -0.2) is 19.6 Å². The first-order valence-corrected chi connectivity index (χ1v) is 20.1. The molecule has 2 aliphatic heterocycles. The molecule has 2 aliphatic rings. The van der Waals surface area contributed by atoms with E-state index in [1.807, 2.05) is 90.1 Å². The molecule has 2 fully saturated rings. The van der Waals surface area contributed by atoms with Gasteiger partial charge in [0.2, 0.25) is 11.8 Å². The molecule has 0 bridgehead atoms. The van der Waals surface area contributed by atoms with Gasteiger partial charge in [-0.1, -0.05) is 65.8 Å². The standard InChI is InChI=1S/C44H54N8O7/c1-43(2,3)35(49-41(55)58-8)39(53)51-19-9-11-31(51)37-46-24-30(48-37)27-17-18-33-28(21-27)22-34(59-33)26-15-13-25(14-16-26)29-23-45-38(47-29)32-12-10-20-52(32)40(54)36(44(4,5)6)50(7)42(56)57/h13-18,21-24,31-32,35-36H,9-12,19-20H2,1-8H3,(H,45,47)(H,46,48)(H,49,55)(H,56,57)/t31-,32-,35+,36+/m0/s1. The summed E-state index contributed by atoms with van der Waals surface area (Å²) in [4.78, 5) is 72.6. The second kappa shape index (κ2) is 15.9. The van der Waals surface area contributed by atoms with Gasteiger partial charge in [0.1, 0.15) is 35.1 Å². The molecule has 15 nitrogen and oxygen atoms in total. The van der Waals surface area contributed by atoms with Crippen molar-refractivity contribution in [2.24, 2.45) is 10.8 Å². The number of hydrogen-bond donors (Lipinski definition) is 4. The van der Waals surface area contributed by atoms with Crippen LogP contribution in [-0.4, -0.2) is 103 Å². The minimum atomic E-state index is -1.14. The van der Waals surface area contributed by atoms with Crippen LogP contribution in [0.1, 0.15) is 91.0 Å². The van der Waals surface area contributed by atoms with E-state index < -0.39 is 35.1 Å². The zero-order chi connectivity index (χ0) is 42.4. The summed E-state index contributed by atoms with van der Waals surface area (Å²) in [6.45, 7) is 12.5. The zero-order valence-electron chi connectivity index (χ0n) is 35.0. The predicted octanol–water partition coefficient (Wildman–Crippen LogP) is 8.00. The van der Waals surface area contributed by atoms with Crippen LogP contribution in [0.4, 0.5) is 9.59 Å². The van der Waals surface area contributed by atoms with Crippen LogP contribution in [0.15, 0.2) is 65.3 Å². The number of carboxylic acid groups (broad SMARTS) is 1. The number of hydrogen-bond acceptors (Lipinski definition) is 8. The van der Waals surface area contributed by atoms with Crippen molar-refractivity contribution < 1.29 is 33.4 Å². The number of carbonyl (C=O) groups is 4. The number of rotatable bonds is 9. The molecule has 312 valence electrons. The van der Waals surface area contributed by atoms with E-state index in [-0.39, 0.29) is 23.9 Å². The average molecular weight is 807 g/mol. The summed E-state index contributed by atoms with van der Waals surface area (Å²) in [5.41, 5.74) is 4.00. The maximum absolute atomic E-state index is 13.8. The highest BCUT2D eigenvalue weighted by molar-refractivity contribution is 5.89. The molecule has 5 heterocycles. The molecule has 2 aromatic carbocycles. The van der Waals surface area contributed by atoms with Gasteiger partial charge in [-0.3, -0.25) is 14.5 Å². The number of imidazole rings is 2. The van der Waals surface area contributed by atoms with E-state index in [9.17, 15) is 24.3 Å². The van der Waals surface area contributed by atoms with E-state index in [1.54, 1.807) is 22.2 Å². The molecule has 4 atom stereocenters. The summed E-state index contributed by atoms with van der Waals surface area (Å²) in [7, 11) is 2.74. The molecule has 3 aromatic heterocycles. The quantitative estimate of drug-likeness (QED) is 0.114. The monoisotopic (exact) mass is 806 g/mol. The summed E-state index contributed by atoms with van der Waals surface area (Å²) in [6.07, 6.45) is 4.89. The molecule has 5 aromatic rings. The lowest BCUT2D eigenvalue weighted by Crippen LogP contribution is -2.54. The minimum absolute atomic E-state index is 0.166. The maximum Gasteiger partial charge on any atom is 0.407 e. The number of aromatic amines is 2. The predicted molar refractivity (Wildman–Crippen MR) is 222 cm³/mol. The number of ether oxygens (including phenoxy) is 1. The van der Waals surface area contributed by atoms with Gasteiger partial charge in [-0.2, -0.15) is 0 Å². The Bertz CT molecular complexity index is 2350. The van der Waals surface area contributed by atoms with Crippen molar-refractivity contribution in [3.8, 4) is 33.8 Å². The van der Waals surface area contributed by atoms with E-state index in [4.69, 9.17) is 14.1 Å². The van der Waals surface area contributed by atoms with Crippen molar-refractivity contribution in [1.29, 1.82) is 0 Å². The first-order chi connectivity index (χ1) is 27.9. The molecule has 0 aliphatic carbocycles. The van der Waals surface area contributed by atoms with Crippen LogP contribution in [0, 0.1) is 10.8 Å². The van der Waals surface area contributed by atoms with Gasteiger partial charge in [-0.05, 0) is 66.3 Å². The van der Waals surface area contributed by atoms with Crippen molar-refractivity contribution in [1.82, 2.24) is 40.0 Å². The fraction of sp³-hybridized carbons (Fsp3) is 0.455. The normalized spacial score (nSPS) is 18.2. The SMILES string of the molecule is COC(=O)N[C@H](C(=O)N1CCC[C@H]1c1ncc(-c2ccc3oc(-c4ccc(-c5cnc([C@@H]6CCCN6C(=O)[C@@H](N(C)C(=O)O)C(C)(C)C)[nH]5)cc4)cc3c2)[nH]1)C(C)(C)C. The fourth-order valence-electron chi connectivity index (χ4n) is 8.48. The highest BCUT2D eigenvalue weighted by Gasteiger charge is 2.44. The largest absolute Gasteiger partial charge is 0.465 e. The van der Waals surface area contributed by atoms with Crippen molar-refractivity contribution in [2.75, 3.05) is 27.2 Å². The van der Waals surface area contributed by atoms with E-state index in [1.165, 1.54) is 14.2 Å². The molecular weight excluding hydrogens is 753 g/mol. The molecule has 4 amide bonds. The Morgan fingerprint density at radius 1 is 0.814 bits per heavy atom. The first kappa shape index (κ1) is 41.1. The summed E-state index contributed by atoms with van der Waals surface area (Å²) >= 11 is 0. The van der Waals surface area contributed by atoms with Crippen LogP contribution >= 0.6 is 0 Å². The van der Waals surface area contributed by atoms with Crippen LogP contribution in [0.25, 0.3) is 44.8 Å².